The maximum Gasteiger partial charge on any atom is 0.118 e. The molecule has 0 spiro atoms. The minimum Gasteiger partial charge on any atom is -0.497 e. The van der Waals surface area contributed by atoms with E-state index in [1.165, 1.54) is 16.7 Å². The Bertz CT molecular complexity index is 787. The van der Waals surface area contributed by atoms with E-state index in [1.807, 2.05) is 0 Å². The van der Waals surface area contributed by atoms with E-state index in [9.17, 15) is 0 Å². The molecule has 2 heteroatoms. The van der Waals surface area contributed by atoms with Gasteiger partial charge in [0, 0.05) is 11.2 Å². The average molecular weight is 346 g/mol. The number of methoxy groups -OCH3 is 1. The van der Waals surface area contributed by atoms with Crippen LogP contribution in [0.2, 0.25) is 0 Å². The topological polar surface area (TPSA) is 9.23 Å². The first kappa shape index (κ1) is 16.3. The predicted octanol–water partition coefficient (Wildman–Crippen LogP) is 5.86. The molecule has 1 aliphatic rings. The molecule has 1 nitrogen and oxygen atoms in total. The molecular formula is C23H22OS. The Morgan fingerprint density at radius 1 is 0.760 bits per heavy atom. The molecule has 0 unspecified atom stereocenters. The summed E-state index contributed by atoms with van der Waals surface area (Å²) in [6.45, 7) is 2.34. The molecule has 0 bridgehead atoms. The van der Waals surface area contributed by atoms with Crippen LogP contribution in [-0.4, -0.2) is 12.4 Å². The summed E-state index contributed by atoms with van der Waals surface area (Å²) in [5.74, 6) is 1.35. The summed E-state index contributed by atoms with van der Waals surface area (Å²) >= 11 is 2.06. The second-order valence-electron chi connectivity index (χ2n) is 6.54. The number of rotatable bonds is 4. The van der Waals surface area contributed by atoms with E-state index in [2.05, 4.69) is 104 Å². The standard InChI is InChI=1S/C23H22OS/c1-17-22(18-13-15-21(24-2)16-14-18)23(25-17,19-9-5-3-6-10-19)20-11-7-4-8-12-20/h3-17,22H,1-2H3/t17-,22+/m1/s1. The van der Waals surface area contributed by atoms with Gasteiger partial charge in [-0.2, -0.15) is 0 Å². The van der Waals surface area contributed by atoms with Crippen LogP contribution in [0.3, 0.4) is 0 Å². The van der Waals surface area contributed by atoms with Crippen LogP contribution in [0.25, 0.3) is 0 Å². The first-order valence-corrected chi connectivity index (χ1v) is 9.56. The van der Waals surface area contributed by atoms with Gasteiger partial charge in [0.25, 0.3) is 0 Å². The molecule has 0 aromatic heterocycles. The van der Waals surface area contributed by atoms with Gasteiger partial charge in [0.2, 0.25) is 0 Å². The van der Waals surface area contributed by atoms with Crippen LogP contribution >= 0.6 is 11.8 Å². The summed E-state index contributed by atoms with van der Waals surface area (Å²) < 4.78 is 5.31. The van der Waals surface area contributed by atoms with Crippen molar-refractivity contribution in [2.45, 2.75) is 22.8 Å². The molecule has 3 aromatic carbocycles. The van der Waals surface area contributed by atoms with E-state index < -0.39 is 0 Å². The summed E-state index contributed by atoms with van der Waals surface area (Å²) in [5, 5.41) is 0.564. The number of thioether (sulfide) groups is 1. The molecule has 1 aliphatic heterocycles. The van der Waals surface area contributed by atoms with E-state index in [-0.39, 0.29) is 4.75 Å². The van der Waals surface area contributed by atoms with Crippen molar-refractivity contribution in [1.29, 1.82) is 0 Å². The Morgan fingerprint density at radius 3 is 1.72 bits per heavy atom. The molecule has 1 fully saturated rings. The zero-order valence-electron chi connectivity index (χ0n) is 14.6. The smallest absolute Gasteiger partial charge is 0.118 e. The lowest BCUT2D eigenvalue weighted by Crippen LogP contribution is -2.47. The fourth-order valence-corrected chi connectivity index (χ4v) is 5.93. The van der Waals surface area contributed by atoms with Crippen LogP contribution in [0.4, 0.5) is 0 Å². The van der Waals surface area contributed by atoms with E-state index in [4.69, 9.17) is 4.74 Å². The highest BCUT2D eigenvalue weighted by molar-refractivity contribution is 8.02. The summed E-state index contributed by atoms with van der Waals surface area (Å²) in [7, 11) is 1.72. The minimum absolute atomic E-state index is 0.0312. The first-order chi connectivity index (χ1) is 12.3. The lowest BCUT2D eigenvalue weighted by atomic mass is 9.73. The van der Waals surface area contributed by atoms with Crippen LogP contribution < -0.4 is 4.74 Å². The van der Waals surface area contributed by atoms with Gasteiger partial charge in [-0.1, -0.05) is 79.7 Å². The van der Waals surface area contributed by atoms with Crippen LogP contribution in [-0.2, 0) is 4.75 Å². The van der Waals surface area contributed by atoms with Crippen molar-refractivity contribution < 1.29 is 4.74 Å². The van der Waals surface area contributed by atoms with Crippen molar-refractivity contribution in [3.8, 4) is 5.75 Å². The molecular weight excluding hydrogens is 324 g/mol. The highest BCUT2D eigenvalue weighted by Gasteiger charge is 2.55. The van der Waals surface area contributed by atoms with Crippen molar-refractivity contribution in [1.82, 2.24) is 0 Å². The zero-order chi connectivity index (χ0) is 17.3. The van der Waals surface area contributed by atoms with Crippen LogP contribution in [0.15, 0.2) is 84.9 Å². The molecule has 2 atom stereocenters. The lowest BCUT2D eigenvalue weighted by Gasteiger charge is -2.54. The molecule has 1 saturated heterocycles. The van der Waals surface area contributed by atoms with Gasteiger partial charge in [0.15, 0.2) is 0 Å². The maximum atomic E-state index is 5.34. The van der Waals surface area contributed by atoms with Gasteiger partial charge < -0.3 is 4.74 Å². The molecule has 25 heavy (non-hydrogen) atoms. The van der Waals surface area contributed by atoms with Crippen LogP contribution in [0, 0.1) is 0 Å². The Labute approximate surface area is 154 Å². The summed E-state index contributed by atoms with van der Waals surface area (Å²) in [6, 6.07) is 30.4. The SMILES string of the molecule is COc1ccc([C@@H]2[C@@H](C)SC2(c2ccccc2)c2ccccc2)cc1. The molecule has 0 saturated carbocycles. The summed E-state index contributed by atoms with van der Waals surface area (Å²) in [5.41, 5.74) is 4.13. The quantitative estimate of drug-likeness (QED) is 0.585. The van der Waals surface area contributed by atoms with E-state index in [0.29, 0.717) is 11.2 Å². The van der Waals surface area contributed by atoms with Crippen molar-refractivity contribution in [3.63, 3.8) is 0 Å². The third kappa shape index (κ3) is 2.65. The third-order valence-corrected chi connectivity index (χ3v) is 6.90. The summed E-state index contributed by atoms with van der Waals surface area (Å²) in [4.78, 5) is 0. The highest BCUT2D eigenvalue weighted by atomic mass is 32.2. The fraction of sp³-hybridized carbons (Fsp3) is 0.217. The molecule has 3 aromatic rings. The number of benzene rings is 3. The second-order valence-corrected chi connectivity index (χ2v) is 8.16. The Hall–Kier alpha value is -2.19. The molecule has 0 N–H and O–H groups in total. The van der Waals surface area contributed by atoms with Crippen molar-refractivity contribution in [3.05, 3.63) is 102 Å². The first-order valence-electron chi connectivity index (χ1n) is 8.68. The predicted molar refractivity (Wildman–Crippen MR) is 106 cm³/mol. The zero-order valence-corrected chi connectivity index (χ0v) is 15.4. The summed E-state index contributed by atoms with van der Waals surface area (Å²) in [6.07, 6.45) is 0. The van der Waals surface area contributed by atoms with E-state index >= 15 is 0 Å². The highest BCUT2D eigenvalue weighted by Crippen LogP contribution is 2.66. The van der Waals surface area contributed by atoms with Gasteiger partial charge >= 0.3 is 0 Å². The Balaban J connectivity index is 1.86. The van der Waals surface area contributed by atoms with Gasteiger partial charge in [-0.05, 0) is 28.8 Å². The van der Waals surface area contributed by atoms with Crippen LogP contribution in [0.1, 0.15) is 29.5 Å². The third-order valence-electron chi connectivity index (χ3n) is 5.16. The van der Waals surface area contributed by atoms with Crippen molar-refractivity contribution in [2.24, 2.45) is 0 Å². The number of hydrogen-bond donors (Lipinski definition) is 0. The van der Waals surface area contributed by atoms with Gasteiger partial charge in [0.05, 0.1) is 11.9 Å². The monoisotopic (exact) mass is 346 g/mol. The Kier molecular flexibility index (Phi) is 4.30. The van der Waals surface area contributed by atoms with Gasteiger partial charge in [-0.15, -0.1) is 11.8 Å². The van der Waals surface area contributed by atoms with Crippen molar-refractivity contribution >= 4 is 11.8 Å². The average Bonchev–Trinajstić information content (AvgIpc) is 2.68. The fourth-order valence-electron chi connectivity index (χ4n) is 4.04. The Morgan fingerprint density at radius 2 is 1.28 bits per heavy atom. The van der Waals surface area contributed by atoms with E-state index in [0.717, 1.165) is 5.75 Å². The minimum atomic E-state index is -0.0312. The number of ether oxygens (including phenoxy) is 1. The van der Waals surface area contributed by atoms with Gasteiger partial charge in [0.1, 0.15) is 5.75 Å². The van der Waals surface area contributed by atoms with E-state index in [1.54, 1.807) is 7.11 Å². The molecule has 4 rings (SSSR count). The van der Waals surface area contributed by atoms with Crippen molar-refractivity contribution in [2.75, 3.05) is 7.11 Å². The maximum absolute atomic E-state index is 5.34. The lowest BCUT2D eigenvalue weighted by molar-refractivity contribution is 0.414. The molecule has 1 heterocycles. The molecule has 0 amide bonds. The van der Waals surface area contributed by atoms with Gasteiger partial charge in [-0.3, -0.25) is 0 Å². The molecule has 0 radical (unpaired) electrons. The normalized spacial score (nSPS) is 21.4. The van der Waals surface area contributed by atoms with Gasteiger partial charge in [-0.25, -0.2) is 0 Å². The molecule has 126 valence electrons. The number of hydrogen-bond acceptors (Lipinski definition) is 2. The second kappa shape index (κ2) is 6.61. The molecule has 0 aliphatic carbocycles. The van der Waals surface area contributed by atoms with Crippen LogP contribution in [0.5, 0.6) is 5.75 Å². The largest absolute Gasteiger partial charge is 0.497 e.